The predicted octanol–water partition coefficient (Wildman–Crippen LogP) is 1.06. The van der Waals surface area contributed by atoms with E-state index < -0.39 is 0 Å². The molecule has 0 aromatic carbocycles. The third kappa shape index (κ3) is 4.20. The summed E-state index contributed by atoms with van der Waals surface area (Å²) >= 11 is 0. The van der Waals surface area contributed by atoms with Crippen LogP contribution < -0.4 is 0 Å². The number of ketones is 1. The van der Waals surface area contributed by atoms with Gasteiger partial charge < -0.3 is 14.8 Å². The fourth-order valence-electron chi connectivity index (χ4n) is 2.09. The highest BCUT2D eigenvalue weighted by Gasteiger charge is 2.21. The molecule has 1 fully saturated rings. The standard InChI is InChI=1S/C11H21NO2/c1-10(14)3-2-6-12-7-4-11(9-12)5-8-13/h11,13H,2-9H2,1H3. The maximum atomic E-state index is 10.7. The Morgan fingerprint density at radius 1 is 1.57 bits per heavy atom. The third-order valence-corrected chi connectivity index (χ3v) is 2.91. The molecule has 3 nitrogen and oxygen atoms in total. The second-order valence-corrected chi connectivity index (χ2v) is 4.27. The van der Waals surface area contributed by atoms with Crippen molar-refractivity contribution in [3.8, 4) is 0 Å². The predicted molar refractivity (Wildman–Crippen MR) is 56.2 cm³/mol. The molecule has 0 amide bonds. The fourth-order valence-corrected chi connectivity index (χ4v) is 2.09. The minimum Gasteiger partial charge on any atom is -0.396 e. The van der Waals surface area contributed by atoms with Crippen molar-refractivity contribution in [1.82, 2.24) is 4.90 Å². The van der Waals surface area contributed by atoms with E-state index in [9.17, 15) is 4.79 Å². The van der Waals surface area contributed by atoms with Crippen molar-refractivity contribution in [3.63, 3.8) is 0 Å². The Kier molecular flexibility index (Phi) is 5.12. The Labute approximate surface area is 86.1 Å². The van der Waals surface area contributed by atoms with Gasteiger partial charge in [-0.25, -0.2) is 0 Å². The molecule has 14 heavy (non-hydrogen) atoms. The van der Waals surface area contributed by atoms with Gasteiger partial charge in [0.2, 0.25) is 0 Å². The van der Waals surface area contributed by atoms with Gasteiger partial charge >= 0.3 is 0 Å². The molecule has 0 aromatic heterocycles. The van der Waals surface area contributed by atoms with Crippen LogP contribution in [0.25, 0.3) is 0 Å². The van der Waals surface area contributed by atoms with Crippen LogP contribution in [0.2, 0.25) is 0 Å². The Morgan fingerprint density at radius 3 is 3.00 bits per heavy atom. The molecule has 1 saturated heterocycles. The average molecular weight is 199 g/mol. The lowest BCUT2D eigenvalue weighted by molar-refractivity contribution is -0.117. The van der Waals surface area contributed by atoms with Gasteiger partial charge in [-0.3, -0.25) is 0 Å². The van der Waals surface area contributed by atoms with E-state index in [0.29, 0.717) is 18.9 Å². The van der Waals surface area contributed by atoms with Crippen molar-refractivity contribution in [2.45, 2.75) is 32.6 Å². The maximum absolute atomic E-state index is 10.7. The summed E-state index contributed by atoms with van der Waals surface area (Å²) in [6.45, 7) is 5.26. The molecule has 1 unspecified atom stereocenters. The van der Waals surface area contributed by atoms with Crippen LogP contribution in [0.15, 0.2) is 0 Å². The number of hydrogen-bond acceptors (Lipinski definition) is 3. The van der Waals surface area contributed by atoms with Gasteiger partial charge in [0.25, 0.3) is 0 Å². The number of Topliss-reactive ketones (excluding diaryl/α,β-unsaturated/α-hetero) is 1. The quantitative estimate of drug-likeness (QED) is 0.695. The summed E-state index contributed by atoms with van der Waals surface area (Å²) in [6, 6.07) is 0. The van der Waals surface area contributed by atoms with Crippen LogP contribution in [-0.2, 0) is 4.79 Å². The van der Waals surface area contributed by atoms with Crippen LogP contribution in [0.3, 0.4) is 0 Å². The van der Waals surface area contributed by atoms with Crippen molar-refractivity contribution in [2.75, 3.05) is 26.2 Å². The molecule has 0 bridgehead atoms. The first-order valence-electron chi connectivity index (χ1n) is 5.55. The van der Waals surface area contributed by atoms with Crippen LogP contribution in [0.4, 0.5) is 0 Å². The van der Waals surface area contributed by atoms with Gasteiger partial charge in [-0.2, -0.15) is 0 Å². The molecule has 1 aliphatic rings. The van der Waals surface area contributed by atoms with Gasteiger partial charge in [0.15, 0.2) is 0 Å². The minimum absolute atomic E-state index is 0.288. The van der Waals surface area contributed by atoms with Gasteiger partial charge in [-0.15, -0.1) is 0 Å². The van der Waals surface area contributed by atoms with E-state index in [1.54, 1.807) is 6.92 Å². The van der Waals surface area contributed by atoms with Gasteiger partial charge in [0.05, 0.1) is 0 Å². The van der Waals surface area contributed by atoms with Crippen LogP contribution in [0.5, 0.6) is 0 Å². The number of hydrogen-bond donors (Lipinski definition) is 1. The summed E-state index contributed by atoms with van der Waals surface area (Å²) in [5.41, 5.74) is 0. The molecule has 0 radical (unpaired) electrons. The van der Waals surface area contributed by atoms with Crippen molar-refractivity contribution < 1.29 is 9.90 Å². The lowest BCUT2D eigenvalue weighted by atomic mass is 10.1. The monoisotopic (exact) mass is 199 g/mol. The molecule has 0 aromatic rings. The van der Waals surface area contributed by atoms with Gasteiger partial charge in [0.1, 0.15) is 5.78 Å². The zero-order valence-electron chi connectivity index (χ0n) is 9.04. The van der Waals surface area contributed by atoms with Crippen molar-refractivity contribution in [2.24, 2.45) is 5.92 Å². The van der Waals surface area contributed by atoms with Crippen LogP contribution >= 0.6 is 0 Å². The van der Waals surface area contributed by atoms with Crippen molar-refractivity contribution in [1.29, 1.82) is 0 Å². The molecular formula is C11H21NO2. The second kappa shape index (κ2) is 6.14. The Hall–Kier alpha value is -0.410. The molecule has 1 aliphatic heterocycles. The van der Waals surface area contributed by atoms with E-state index in [4.69, 9.17) is 5.11 Å². The first-order chi connectivity index (χ1) is 6.72. The van der Waals surface area contributed by atoms with Gasteiger partial charge in [-0.1, -0.05) is 0 Å². The molecule has 82 valence electrons. The molecule has 1 rings (SSSR count). The number of nitrogens with zero attached hydrogens (tertiary/aromatic N) is 1. The van der Waals surface area contributed by atoms with Crippen LogP contribution in [0, 0.1) is 5.92 Å². The zero-order chi connectivity index (χ0) is 10.4. The number of rotatable bonds is 6. The molecule has 3 heteroatoms. The maximum Gasteiger partial charge on any atom is 0.129 e. The number of aliphatic hydroxyl groups is 1. The highest BCUT2D eigenvalue weighted by Crippen LogP contribution is 2.19. The third-order valence-electron chi connectivity index (χ3n) is 2.91. The fraction of sp³-hybridized carbons (Fsp3) is 0.909. The number of aliphatic hydroxyl groups excluding tert-OH is 1. The van der Waals surface area contributed by atoms with Crippen molar-refractivity contribution in [3.05, 3.63) is 0 Å². The topological polar surface area (TPSA) is 40.5 Å². The van der Waals surface area contributed by atoms with E-state index in [-0.39, 0.29) is 5.78 Å². The Bertz CT molecular complexity index is 182. The molecule has 1 atom stereocenters. The lowest BCUT2D eigenvalue weighted by Gasteiger charge is -2.14. The van der Waals surface area contributed by atoms with Gasteiger partial charge in [-0.05, 0) is 45.2 Å². The Morgan fingerprint density at radius 2 is 2.36 bits per heavy atom. The largest absolute Gasteiger partial charge is 0.396 e. The second-order valence-electron chi connectivity index (χ2n) is 4.27. The first-order valence-corrected chi connectivity index (χ1v) is 5.55. The van der Waals surface area contributed by atoms with E-state index in [1.807, 2.05) is 0 Å². The van der Waals surface area contributed by atoms with Crippen LogP contribution in [-0.4, -0.2) is 42.0 Å². The smallest absolute Gasteiger partial charge is 0.129 e. The summed E-state index contributed by atoms with van der Waals surface area (Å²) in [6.07, 6.45) is 3.84. The van der Waals surface area contributed by atoms with Crippen molar-refractivity contribution >= 4 is 5.78 Å². The van der Waals surface area contributed by atoms with E-state index >= 15 is 0 Å². The SMILES string of the molecule is CC(=O)CCCN1CCC(CCO)C1. The molecule has 0 aliphatic carbocycles. The summed E-state index contributed by atoms with van der Waals surface area (Å²) in [7, 11) is 0. The average Bonchev–Trinajstić information content (AvgIpc) is 2.53. The molecule has 0 spiro atoms. The summed E-state index contributed by atoms with van der Waals surface area (Å²) < 4.78 is 0. The van der Waals surface area contributed by atoms with E-state index in [0.717, 1.165) is 32.5 Å². The van der Waals surface area contributed by atoms with E-state index in [1.165, 1.54) is 6.42 Å². The summed E-state index contributed by atoms with van der Waals surface area (Å²) in [4.78, 5) is 13.1. The number of likely N-dealkylation sites (tertiary alicyclic amines) is 1. The molecule has 0 saturated carbocycles. The summed E-state index contributed by atoms with van der Waals surface area (Å²) in [5, 5.41) is 8.80. The molecule has 1 heterocycles. The highest BCUT2D eigenvalue weighted by atomic mass is 16.3. The zero-order valence-corrected chi connectivity index (χ0v) is 9.04. The number of carbonyl (C=O) groups is 1. The summed E-state index contributed by atoms with van der Waals surface area (Å²) in [5.74, 6) is 0.966. The number of carbonyl (C=O) groups excluding carboxylic acids is 1. The van der Waals surface area contributed by atoms with Crippen LogP contribution in [0.1, 0.15) is 32.6 Å². The Balaban J connectivity index is 2.07. The molecule has 1 N–H and O–H groups in total. The molecular weight excluding hydrogens is 178 g/mol. The lowest BCUT2D eigenvalue weighted by Crippen LogP contribution is -2.22. The normalized spacial score (nSPS) is 22.9. The first kappa shape index (κ1) is 11.7. The highest BCUT2D eigenvalue weighted by molar-refractivity contribution is 5.75. The minimum atomic E-state index is 0.288. The van der Waals surface area contributed by atoms with Gasteiger partial charge in [0, 0.05) is 19.6 Å². The van der Waals surface area contributed by atoms with E-state index in [2.05, 4.69) is 4.90 Å².